The number of carbonyl (C=O) groups excluding carboxylic acids is 1. The molecule has 0 amide bonds. The fourth-order valence-corrected chi connectivity index (χ4v) is 1.82. The largest absolute Gasteiger partial charge is 0.294 e. The molecular weight excluding hydrogens is 320 g/mol. The average Bonchev–Trinajstić information content (AvgIpc) is 2.08. The monoisotopic (exact) mass is 325 g/mol. The fraction of sp³-hybridized carbons (Fsp3) is 0.125. The van der Waals surface area contributed by atoms with Gasteiger partial charge in [0.05, 0.1) is 15.5 Å². The quantitative estimate of drug-likeness (QED) is 0.363. The molecule has 14 heavy (non-hydrogen) atoms. The number of nitro benzene ring substituents is 1. The van der Waals surface area contributed by atoms with Crippen molar-refractivity contribution in [2.45, 2.75) is 6.92 Å². The minimum Gasteiger partial charge on any atom is -0.294 e. The number of rotatable bonds is 2. The summed E-state index contributed by atoms with van der Waals surface area (Å²) in [6, 6.07) is 2.85. The lowest BCUT2D eigenvalue weighted by Crippen LogP contribution is -2.02. The summed E-state index contributed by atoms with van der Waals surface area (Å²) in [6.07, 6.45) is 0. The minimum absolute atomic E-state index is 0.0869. The van der Waals surface area contributed by atoms with Crippen molar-refractivity contribution in [2.24, 2.45) is 0 Å². The van der Waals surface area contributed by atoms with E-state index in [1.165, 1.54) is 19.1 Å². The predicted octanol–water partition coefficient (Wildman–Crippen LogP) is 3.06. The first kappa shape index (κ1) is 11.4. The average molecular weight is 325 g/mol. The van der Waals surface area contributed by atoms with Gasteiger partial charge in [-0.25, -0.2) is 0 Å². The van der Waals surface area contributed by atoms with Gasteiger partial charge in [0, 0.05) is 0 Å². The highest BCUT2D eigenvalue weighted by Gasteiger charge is 2.23. The van der Waals surface area contributed by atoms with E-state index in [2.05, 4.69) is 0 Å². The Morgan fingerprint density at radius 1 is 1.57 bits per heavy atom. The number of Topliss-reactive ketones (excluding diaryl/α,β-unsaturated/α-hetero) is 1. The maximum Gasteiger partial charge on any atom is 0.294 e. The highest BCUT2D eigenvalue weighted by molar-refractivity contribution is 14.1. The molecule has 0 bridgehead atoms. The van der Waals surface area contributed by atoms with Gasteiger partial charge in [-0.15, -0.1) is 0 Å². The zero-order valence-electron chi connectivity index (χ0n) is 7.08. The summed E-state index contributed by atoms with van der Waals surface area (Å²) in [5.74, 6) is -0.341. The van der Waals surface area contributed by atoms with E-state index in [9.17, 15) is 14.9 Å². The molecule has 0 aliphatic heterocycles. The van der Waals surface area contributed by atoms with Gasteiger partial charge in [-0.1, -0.05) is 11.6 Å². The van der Waals surface area contributed by atoms with Crippen molar-refractivity contribution in [3.05, 3.63) is 36.4 Å². The lowest BCUT2D eigenvalue weighted by Gasteiger charge is -2.02. The summed E-state index contributed by atoms with van der Waals surface area (Å²) in [7, 11) is 0. The van der Waals surface area contributed by atoms with Gasteiger partial charge in [-0.3, -0.25) is 14.9 Å². The normalized spacial score (nSPS) is 9.93. The highest BCUT2D eigenvalue weighted by Crippen LogP contribution is 2.31. The molecular formula is C8H5ClINO3. The zero-order valence-corrected chi connectivity index (χ0v) is 10.00. The van der Waals surface area contributed by atoms with E-state index in [1.807, 2.05) is 0 Å². The summed E-state index contributed by atoms with van der Waals surface area (Å²) in [5.41, 5.74) is -0.130. The summed E-state index contributed by atoms with van der Waals surface area (Å²) < 4.78 is 0.293. The smallest absolute Gasteiger partial charge is 0.294 e. The molecule has 1 rings (SSSR count). The van der Waals surface area contributed by atoms with Gasteiger partial charge in [-0.2, -0.15) is 0 Å². The number of halogens is 2. The molecule has 1 aromatic rings. The van der Waals surface area contributed by atoms with Gasteiger partial charge in [0.15, 0.2) is 5.78 Å². The Labute approximate surface area is 98.5 Å². The van der Waals surface area contributed by atoms with Gasteiger partial charge in [0.2, 0.25) is 0 Å². The second-order valence-electron chi connectivity index (χ2n) is 2.57. The Kier molecular flexibility index (Phi) is 3.43. The van der Waals surface area contributed by atoms with Crippen LogP contribution in [0.5, 0.6) is 0 Å². The van der Waals surface area contributed by atoms with Crippen molar-refractivity contribution in [2.75, 3.05) is 0 Å². The van der Waals surface area contributed by atoms with Crippen LogP contribution in [0.15, 0.2) is 12.1 Å². The standard InChI is InChI=1S/C8H5ClINO3/c1-4(12)5-2-3-6(9)7(10)8(5)11(13)14/h2-3H,1H3. The van der Waals surface area contributed by atoms with Crippen molar-refractivity contribution in [3.8, 4) is 0 Å². The molecule has 0 fully saturated rings. The molecule has 0 atom stereocenters. The van der Waals surface area contributed by atoms with Crippen LogP contribution in [0, 0.1) is 13.7 Å². The Balaban J connectivity index is 3.53. The van der Waals surface area contributed by atoms with Crippen LogP contribution >= 0.6 is 34.2 Å². The summed E-state index contributed by atoms with van der Waals surface area (Å²) >= 11 is 7.46. The van der Waals surface area contributed by atoms with Crippen molar-refractivity contribution in [1.82, 2.24) is 0 Å². The molecule has 0 unspecified atom stereocenters. The molecule has 1 aromatic carbocycles. The Hall–Kier alpha value is -0.690. The molecule has 0 aromatic heterocycles. The number of carbonyl (C=O) groups is 1. The predicted molar refractivity (Wildman–Crippen MR) is 60.8 cm³/mol. The van der Waals surface area contributed by atoms with Gasteiger partial charge < -0.3 is 0 Å². The summed E-state index contributed by atoms with van der Waals surface area (Å²) in [6.45, 7) is 1.28. The topological polar surface area (TPSA) is 60.2 Å². The number of nitrogens with zero attached hydrogens (tertiary/aromatic N) is 1. The molecule has 0 aliphatic carbocycles. The molecule has 0 saturated heterocycles. The molecule has 0 saturated carbocycles. The number of benzene rings is 1. The second kappa shape index (κ2) is 4.22. The number of hydrogen-bond donors (Lipinski definition) is 0. The van der Waals surface area contributed by atoms with Crippen molar-refractivity contribution in [1.29, 1.82) is 0 Å². The summed E-state index contributed by atoms with van der Waals surface area (Å²) in [4.78, 5) is 21.2. The van der Waals surface area contributed by atoms with Gasteiger partial charge in [-0.05, 0) is 41.6 Å². The number of nitro groups is 1. The van der Waals surface area contributed by atoms with Crippen molar-refractivity contribution in [3.63, 3.8) is 0 Å². The molecule has 4 nitrogen and oxygen atoms in total. The first-order valence-electron chi connectivity index (χ1n) is 3.58. The van der Waals surface area contributed by atoms with Crippen LogP contribution in [-0.2, 0) is 0 Å². The number of hydrogen-bond acceptors (Lipinski definition) is 3. The second-order valence-corrected chi connectivity index (χ2v) is 4.06. The molecule has 6 heteroatoms. The molecule has 74 valence electrons. The van der Waals surface area contributed by atoms with Gasteiger partial charge in [0.1, 0.15) is 3.57 Å². The van der Waals surface area contributed by atoms with Gasteiger partial charge in [0.25, 0.3) is 5.69 Å². The van der Waals surface area contributed by atoms with E-state index in [0.29, 0.717) is 3.57 Å². The SMILES string of the molecule is CC(=O)c1ccc(Cl)c(I)c1[N+](=O)[O-]. The molecule has 0 heterocycles. The number of ketones is 1. The maximum atomic E-state index is 11.1. The molecule has 0 N–H and O–H groups in total. The first-order chi connectivity index (χ1) is 6.45. The van der Waals surface area contributed by atoms with Crippen LogP contribution in [0.2, 0.25) is 5.02 Å². The van der Waals surface area contributed by atoms with Crippen LogP contribution in [0.4, 0.5) is 5.69 Å². The molecule has 0 radical (unpaired) electrons. The molecule has 0 aliphatic rings. The Morgan fingerprint density at radius 2 is 2.14 bits per heavy atom. The lowest BCUT2D eigenvalue weighted by atomic mass is 10.1. The van der Waals surface area contributed by atoms with E-state index in [4.69, 9.17) is 11.6 Å². The molecule has 0 spiro atoms. The highest BCUT2D eigenvalue weighted by atomic mass is 127. The minimum atomic E-state index is -0.593. The van der Waals surface area contributed by atoms with Crippen LogP contribution < -0.4 is 0 Å². The van der Waals surface area contributed by atoms with Crippen LogP contribution in [-0.4, -0.2) is 10.7 Å². The third-order valence-corrected chi connectivity index (χ3v) is 3.36. The Bertz CT molecular complexity index is 419. The van der Waals surface area contributed by atoms with E-state index in [1.54, 1.807) is 22.6 Å². The Morgan fingerprint density at radius 3 is 2.57 bits per heavy atom. The van der Waals surface area contributed by atoms with E-state index in [-0.39, 0.29) is 22.1 Å². The van der Waals surface area contributed by atoms with E-state index < -0.39 is 4.92 Å². The van der Waals surface area contributed by atoms with Crippen LogP contribution in [0.3, 0.4) is 0 Å². The van der Waals surface area contributed by atoms with Crippen LogP contribution in [0.25, 0.3) is 0 Å². The van der Waals surface area contributed by atoms with Crippen LogP contribution in [0.1, 0.15) is 17.3 Å². The van der Waals surface area contributed by atoms with E-state index >= 15 is 0 Å². The third-order valence-electron chi connectivity index (χ3n) is 1.63. The zero-order chi connectivity index (χ0) is 10.9. The van der Waals surface area contributed by atoms with Crippen molar-refractivity contribution >= 4 is 45.7 Å². The third kappa shape index (κ3) is 2.03. The summed E-state index contributed by atoms with van der Waals surface area (Å²) in [5, 5.41) is 11.0. The first-order valence-corrected chi connectivity index (χ1v) is 5.04. The van der Waals surface area contributed by atoms with Crippen molar-refractivity contribution < 1.29 is 9.72 Å². The van der Waals surface area contributed by atoms with E-state index in [0.717, 1.165) is 0 Å². The van der Waals surface area contributed by atoms with Gasteiger partial charge >= 0.3 is 0 Å². The lowest BCUT2D eigenvalue weighted by molar-refractivity contribution is -0.386. The maximum absolute atomic E-state index is 11.1. The fourth-order valence-electron chi connectivity index (χ4n) is 1.00.